The first-order valence-electron chi connectivity index (χ1n) is 5.76. The van der Waals surface area contributed by atoms with E-state index in [-0.39, 0.29) is 10.9 Å². The Morgan fingerprint density at radius 3 is 2.67 bits per heavy atom. The minimum atomic E-state index is -0.695. The smallest absolute Gasteiger partial charge is 0.320 e. The minimum absolute atomic E-state index is 0.00218. The molecule has 86 valence electrons. The second kappa shape index (κ2) is 4.34. The first kappa shape index (κ1) is 11.3. The number of carboxylic acids is 1. The summed E-state index contributed by atoms with van der Waals surface area (Å²) in [5.41, 5.74) is 0. The molecule has 2 aliphatic rings. The first-order valence-corrected chi connectivity index (χ1v) is 6.75. The average molecular weight is 229 g/mol. The molecule has 4 heteroatoms. The van der Waals surface area contributed by atoms with Gasteiger partial charge in [0.2, 0.25) is 0 Å². The van der Waals surface area contributed by atoms with Crippen molar-refractivity contribution in [3.05, 3.63) is 0 Å². The van der Waals surface area contributed by atoms with Crippen molar-refractivity contribution in [2.45, 2.75) is 49.9 Å². The Kier molecular flexibility index (Phi) is 3.26. The molecule has 2 N–H and O–H groups in total. The van der Waals surface area contributed by atoms with Gasteiger partial charge < -0.3 is 5.11 Å². The Morgan fingerprint density at radius 2 is 2.07 bits per heavy atom. The molecule has 0 aromatic heterocycles. The summed E-state index contributed by atoms with van der Waals surface area (Å²) in [6.45, 7) is 2.18. The molecule has 15 heavy (non-hydrogen) atoms. The minimum Gasteiger partial charge on any atom is -0.480 e. The third-order valence-corrected chi connectivity index (χ3v) is 5.19. The third-order valence-electron chi connectivity index (χ3n) is 3.70. The Balaban J connectivity index is 2.03. The van der Waals surface area contributed by atoms with E-state index in [0.717, 1.165) is 12.2 Å². The van der Waals surface area contributed by atoms with Crippen LogP contribution in [0.1, 0.15) is 39.0 Å². The van der Waals surface area contributed by atoms with Crippen LogP contribution in [0.3, 0.4) is 0 Å². The number of carbonyl (C=O) groups is 1. The number of nitrogens with one attached hydrogen (secondary N) is 1. The van der Waals surface area contributed by atoms with E-state index < -0.39 is 5.97 Å². The van der Waals surface area contributed by atoms with Crippen LogP contribution in [0.5, 0.6) is 0 Å². The largest absolute Gasteiger partial charge is 0.480 e. The lowest BCUT2D eigenvalue weighted by Crippen LogP contribution is -2.56. The third kappa shape index (κ3) is 2.31. The normalized spacial score (nSPS) is 38.1. The number of hydrogen-bond donors (Lipinski definition) is 2. The Hall–Kier alpha value is -0.220. The van der Waals surface area contributed by atoms with E-state index in [1.54, 1.807) is 0 Å². The van der Waals surface area contributed by atoms with Gasteiger partial charge in [0, 0.05) is 0 Å². The number of hydrogen-bond acceptors (Lipinski definition) is 3. The molecular formula is C11H19NO2S. The lowest BCUT2D eigenvalue weighted by atomic mass is 9.97. The zero-order valence-electron chi connectivity index (χ0n) is 9.16. The fourth-order valence-electron chi connectivity index (χ4n) is 2.75. The van der Waals surface area contributed by atoms with Gasteiger partial charge in [0.15, 0.2) is 0 Å². The van der Waals surface area contributed by atoms with Crippen LogP contribution in [0.4, 0.5) is 0 Å². The molecule has 0 aromatic carbocycles. The van der Waals surface area contributed by atoms with Crippen LogP contribution in [0.15, 0.2) is 0 Å². The summed E-state index contributed by atoms with van der Waals surface area (Å²) in [5.74, 6) is 0.931. The van der Waals surface area contributed by atoms with Crippen molar-refractivity contribution < 1.29 is 9.90 Å². The van der Waals surface area contributed by atoms with Gasteiger partial charge in [-0.3, -0.25) is 10.1 Å². The highest BCUT2D eigenvalue weighted by Crippen LogP contribution is 2.43. The molecule has 0 radical (unpaired) electrons. The topological polar surface area (TPSA) is 49.3 Å². The molecule has 1 aliphatic heterocycles. The Labute approximate surface area is 95.0 Å². The summed E-state index contributed by atoms with van der Waals surface area (Å²) in [6, 6.07) is -0.336. The van der Waals surface area contributed by atoms with Crippen molar-refractivity contribution in [3.8, 4) is 0 Å². The summed E-state index contributed by atoms with van der Waals surface area (Å²) in [7, 11) is 0. The maximum absolute atomic E-state index is 11.0. The van der Waals surface area contributed by atoms with Gasteiger partial charge in [-0.15, -0.1) is 11.8 Å². The molecule has 2 fully saturated rings. The number of aliphatic carboxylic acids is 1. The molecule has 3 nitrogen and oxygen atoms in total. The second-order valence-corrected chi connectivity index (χ2v) is 6.31. The van der Waals surface area contributed by atoms with E-state index in [0.29, 0.717) is 5.92 Å². The van der Waals surface area contributed by atoms with Crippen LogP contribution in [0.25, 0.3) is 0 Å². The second-order valence-electron chi connectivity index (χ2n) is 4.76. The quantitative estimate of drug-likeness (QED) is 0.761. The van der Waals surface area contributed by atoms with Crippen LogP contribution < -0.4 is 5.32 Å². The molecule has 1 heterocycles. The van der Waals surface area contributed by atoms with Crippen molar-refractivity contribution in [1.82, 2.24) is 5.32 Å². The summed E-state index contributed by atoms with van der Waals surface area (Å²) in [5, 5.41) is 12.4. The molecule has 1 saturated carbocycles. The van der Waals surface area contributed by atoms with Crippen molar-refractivity contribution in [2.75, 3.05) is 5.75 Å². The van der Waals surface area contributed by atoms with Gasteiger partial charge in [-0.2, -0.15) is 0 Å². The molecule has 0 spiro atoms. The monoisotopic (exact) mass is 229 g/mol. The maximum atomic E-state index is 11.0. The lowest BCUT2D eigenvalue weighted by Gasteiger charge is -2.42. The molecule has 0 bridgehead atoms. The predicted molar refractivity (Wildman–Crippen MR) is 62.0 cm³/mol. The van der Waals surface area contributed by atoms with Crippen molar-refractivity contribution in [1.29, 1.82) is 0 Å². The fourth-order valence-corrected chi connectivity index (χ4v) is 4.22. The van der Waals surface area contributed by atoms with Gasteiger partial charge in [-0.25, -0.2) is 0 Å². The standard InChI is InChI=1S/C11H19NO2S/c1-11(8-4-2-3-5-8)12-9(10(13)14)6-7-15-11/h8-9,12H,2-7H2,1H3,(H,13,14). The zero-order chi connectivity index (χ0) is 10.9. The molecule has 0 amide bonds. The summed E-state index contributed by atoms with van der Waals surface area (Å²) in [4.78, 5) is 11.0. The number of rotatable bonds is 2. The van der Waals surface area contributed by atoms with E-state index in [1.807, 2.05) is 11.8 Å². The van der Waals surface area contributed by atoms with E-state index in [4.69, 9.17) is 5.11 Å². The van der Waals surface area contributed by atoms with Gasteiger partial charge in [0.1, 0.15) is 6.04 Å². The molecule has 1 saturated heterocycles. The van der Waals surface area contributed by atoms with Gasteiger partial charge in [-0.1, -0.05) is 12.8 Å². The van der Waals surface area contributed by atoms with E-state index in [2.05, 4.69) is 12.2 Å². The highest BCUT2D eigenvalue weighted by molar-refractivity contribution is 8.00. The summed E-state index contributed by atoms with van der Waals surface area (Å²) in [6.07, 6.45) is 5.87. The van der Waals surface area contributed by atoms with E-state index >= 15 is 0 Å². The summed E-state index contributed by atoms with van der Waals surface area (Å²) < 4.78 is 0. The first-order chi connectivity index (χ1) is 7.12. The maximum Gasteiger partial charge on any atom is 0.320 e. The predicted octanol–water partition coefficient (Wildman–Crippen LogP) is 2.07. The number of carboxylic acid groups (broad SMARTS) is 1. The van der Waals surface area contributed by atoms with Gasteiger partial charge >= 0.3 is 5.97 Å². The average Bonchev–Trinajstić information content (AvgIpc) is 2.71. The van der Waals surface area contributed by atoms with Crippen LogP contribution >= 0.6 is 11.8 Å². The van der Waals surface area contributed by atoms with E-state index in [9.17, 15) is 4.79 Å². The van der Waals surface area contributed by atoms with Crippen LogP contribution in [0, 0.1) is 5.92 Å². The summed E-state index contributed by atoms with van der Waals surface area (Å²) >= 11 is 1.91. The van der Waals surface area contributed by atoms with Gasteiger partial charge in [0.05, 0.1) is 4.87 Å². The Bertz CT molecular complexity index is 253. The van der Waals surface area contributed by atoms with E-state index in [1.165, 1.54) is 25.7 Å². The molecule has 1 aliphatic carbocycles. The molecule has 0 aromatic rings. The Morgan fingerprint density at radius 1 is 1.40 bits per heavy atom. The van der Waals surface area contributed by atoms with Crippen molar-refractivity contribution in [2.24, 2.45) is 5.92 Å². The SMILES string of the molecule is CC1(C2CCCC2)NC(C(=O)O)CCS1. The van der Waals surface area contributed by atoms with Crippen molar-refractivity contribution in [3.63, 3.8) is 0 Å². The van der Waals surface area contributed by atoms with Crippen LogP contribution in [0.2, 0.25) is 0 Å². The van der Waals surface area contributed by atoms with Gasteiger partial charge in [0.25, 0.3) is 0 Å². The molecule has 2 unspecified atom stereocenters. The van der Waals surface area contributed by atoms with Gasteiger partial charge in [-0.05, 0) is 37.9 Å². The van der Waals surface area contributed by atoms with Crippen LogP contribution in [-0.4, -0.2) is 27.7 Å². The van der Waals surface area contributed by atoms with Crippen LogP contribution in [-0.2, 0) is 4.79 Å². The molecule has 2 rings (SSSR count). The molecular weight excluding hydrogens is 210 g/mol. The number of thioether (sulfide) groups is 1. The molecule has 2 atom stereocenters. The fraction of sp³-hybridized carbons (Fsp3) is 0.909. The van der Waals surface area contributed by atoms with Crippen molar-refractivity contribution >= 4 is 17.7 Å². The zero-order valence-corrected chi connectivity index (χ0v) is 9.98. The highest BCUT2D eigenvalue weighted by atomic mass is 32.2. The highest BCUT2D eigenvalue weighted by Gasteiger charge is 2.41. The lowest BCUT2D eigenvalue weighted by molar-refractivity contribution is -0.140.